The highest BCUT2D eigenvalue weighted by molar-refractivity contribution is 7.15. The topological polar surface area (TPSA) is 85.4 Å². The van der Waals surface area contributed by atoms with Gasteiger partial charge in [-0.3, -0.25) is 4.79 Å². The summed E-state index contributed by atoms with van der Waals surface area (Å²) in [6, 6.07) is 9.99. The third-order valence-corrected chi connectivity index (χ3v) is 6.58. The van der Waals surface area contributed by atoms with Crippen molar-refractivity contribution in [2.45, 2.75) is 13.0 Å². The lowest BCUT2D eigenvalue weighted by molar-refractivity contribution is 0.0949. The van der Waals surface area contributed by atoms with E-state index in [1.165, 1.54) is 23.5 Å². The van der Waals surface area contributed by atoms with Crippen LogP contribution in [0, 0.1) is 5.82 Å². The molecule has 8 nitrogen and oxygen atoms in total. The van der Waals surface area contributed by atoms with Crippen LogP contribution in [0.2, 0.25) is 0 Å². The highest BCUT2D eigenvalue weighted by Gasteiger charge is 2.14. The average Bonchev–Trinajstić information content (AvgIpc) is 3.30. The normalized spacial score (nSPS) is 14.6. The van der Waals surface area contributed by atoms with Crippen LogP contribution in [0.4, 0.5) is 21.0 Å². The lowest BCUT2D eigenvalue weighted by Gasteiger charge is -2.32. The van der Waals surface area contributed by atoms with E-state index in [0.717, 1.165) is 44.0 Å². The number of carbonyl (C=O) groups excluding carboxylic acids is 1. The number of amides is 1. The summed E-state index contributed by atoms with van der Waals surface area (Å²) in [7, 11) is 2.14. The van der Waals surface area contributed by atoms with Gasteiger partial charge in [0.25, 0.3) is 5.91 Å². The highest BCUT2D eigenvalue weighted by atomic mass is 32.1. The molecule has 2 aromatic heterocycles. The van der Waals surface area contributed by atoms with Gasteiger partial charge in [-0.05, 0) is 50.3 Å². The molecule has 10 heteroatoms. The fraction of sp³-hybridized carbons (Fsp3) is 0.375. The van der Waals surface area contributed by atoms with Gasteiger partial charge in [-0.15, -0.1) is 0 Å². The number of halogens is 1. The van der Waals surface area contributed by atoms with Crippen molar-refractivity contribution in [2.75, 3.05) is 56.9 Å². The minimum absolute atomic E-state index is 0.193. The Bertz CT molecular complexity index is 1070. The number of nitrogens with one attached hydrogen (secondary N) is 3. The van der Waals surface area contributed by atoms with Crippen molar-refractivity contribution in [1.82, 2.24) is 25.1 Å². The van der Waals surface area contributed by atoms with Crippen LogP contribution in [0.1, 0.15) is 21.7 Å². The molecule has 3 N–H and O–H groups in total. The van der Waals surface area contributed by atoms with Crippen LogP contribution < -0.4 is 16.0 Å². The molecule has 1 fully saturated rings. The summed E-state index contributed by atoms with van der Waals surface area (Å²) in [6.07, 6.45) is 4.33. The number of aromatic nitrogens is 2. The van der Waals surface area contributed by atoms with Crippen molar-refractivity contribution in [3.05, 3.63) is 65.0 Å². The van der Waals surface area contributed by atoms with Crippen LogP contribution in [0.15, 0.2) is 48.8 Å². The van der Waals surface area contributed by atoms with Gasteiger partial charge in [0, 0.05) is 55.6 Å². The molecule has 3 heterocycles. The van der Waals surface area contributed by atoms with Crippen LogP contribution >= 0.6 is 11.3 Å². The molecule has 0 aliphatic carbocycles. The summed E-state index contributed by atoms with van der Waals surface area (Å²) >= 11 is 1.46. The van der Waals surface area contributed by atoms with E-state index < -0.39 is 5.82 Å². The summed E-state index contributed by atoms with van der Waals surface area (Å²) in [6.45, 7) is 6.27. The number of carbonyl (C=O) groups is 1. The summed E-state index contributed by atoms with van der Waals surface area (Å²) in [5, 5.41) is 9.87. The lowest BCUT2D eigenvalue weighted by atomic mass is 10.1. The molecule has 3 aromatic rings. The van der Waals surface area contributed by atoms with Gasteiger partial charge in [-0.25, -0.2) is 14.4 Å². The monoisotopic (exact) mass is 483 g/mol. The van der Waals surface area contributed by atoms with E-state index in [9.17, 15) is 9.18 Å². The number of thiazole rings is 1. The Morgan fingerprint density at radius 2 is 2.00 bits per heavy atom. The van der Waals surface area contributed by atoms with Crippen LogP contribution in [0.25, 0.3) is 0 Å². The number of pyridine rings is 1. The lowest BCUT2D eigenvalue weighted by Crippen LogP contribution is -2.45. The zero-order valence-corrected chi connectivity index (χ0v) is 20.1. The Morgan fingerprint density at radius 3 is 2.79 bits per heavy atom. The number of piperazine rings is 1. The van der Waals surface area contributed by atoms with Crippen LogP contribution in [0.5, 0.6) is 0 Å². The third-order valence-electron chi connectivity index (χ3n) is 5.67. The van der Waals surface area contributed by atoms with Crippen molar-refractivity contribution < 1.29 is 9.18 Å². The fourth-order valence-electron chi connectivity index (χ4n) is 3.66. The van der Waals surface area contributed by atoms with Crippen molar-refractivity contribution >= 4 is 33.9 Å². The molecule has 34 heavy (non-hydrogen) atoms. The molecule has 180 valence electrons. The first kappa shape index (κ1) is 24.1. The maximum atomic E-state index is 14.3. The van der Waals surface area contributed by atoms with E-state index in [0.29, 0.717) is 29.6 Å². The SMILES string of the molecule is CN1CCN(CCCNC(=O)c2ccc(F)c(NCc3cnc(Nc4ccccn4)s3)c2)CC1. The second-order valence-corrected chi connectivity index (χ2v) is 9.39. The van der Waals surface area contributed by atoms with Crippen LogP contribution in [0.3, 0.4) is 0 Å². The van der Waals surface area contributed by atoms with E-state index in [4.69, 9.17) is 0 Å². The van der Waals surface area contributed by atoms with Crippen molar-refractivity contribution in [3.8, 4) is 0 Å². The molecule has 1 saturated heterocycles. The summed E-state index contributed by atoms with van der Waals surface area (Å²) in [4.78, 5) is 26.8. The Hall–Kier alpha value is -3.08. The van der Waals surface area contributed by atoms with Crippen molar-refractivity contribution in [2.24, 2.45) is 0 Å². The second kappa shape index (κ2) is 11.9. The van der Waals surface area contributed by atoms with Crippen LogP contribution in [-0.4, -0.2) is 72.0 Å². The van der Waals surface area contributed by atoms with Gasteiger partial charge in [0.1, 0.15) is 11.6 Å². The van der Waals surface area contributed by atoms with Gasteiger partial charge >= 0.3 is 0 Å². The predicted molar refractivity (Wildman–Crippen MR) is 134 cm³/mol. The molecular formula is C24H30FN7OS. The van der Waals surface area contributed by atoms with Gasteiger partial charge in [-0.2, -0.15) is 0 Å². The molecule has 1 aliphatic rings. The van der Waals surface area contributed by atoms with Crippen molar-refractivity contribution in [1.29, 1.82) is 0 Å². The summed E-state index contributed by atoms with van der Waals surface area (Å²) < 4.78 is 14.3. The summed E-state index contributed by atoms with van der Waals surface area (Å²) in [5.74, 6) is 0.119. The number of rotatable bonds is 10. The Kier molecular flexibility index (Phi) is 8.40. The molecule has 0 spiro atoms. The molecule has 0 saturated carbocycles. The van der Waals surface area contributed by atoms with Gasteiger partial charge in [-0.1, -0.05) is 17.4 Å². The molecule has 0 atom stereocenters. The maximum Gasteiger partial charge on any atom is 0.251 e. The van der Waals surface area contributed by atoms with E-state index in [-0.39, 0.29) is 11.6 Å². The molecule has 0 unspecified atom stereocenters. The second-order valence-electron chi connectivity index (χ2n) is 8.27. The largest absolute Gasteiger partial charge is 0.378 e. The van der Waals surface area contributed by atoms with E-state index in [1.54, 1.807) is 18.5 Å². The standard InChI is InChI=1S/C24H30FN7OS/c1-31-11-13-32(14-12-31)10-4-9-27-23(33)18-6-7-20(25)21(15-18)28-16-19-17-29-24(34-19)30-22-5-2-3-8-26-22/h2-3,5-8,15,17,28H,4,9-14,16H2,1H3,(H,27,33)(H,26,29,30). The van der Waals surface area contributed by atoms with E-state index in [1.807, 2.05) is 18.2 Å². The Labute approximate surface area is 203 Å². The first-order valence-electron chi connectivity index (χ1n) is 11.4. The Balaban J connectivity index is 1.24. The molecule has 1 aromatic carbocycles. The minimum Gasteiger partial charge on any atom is -0.378 e. The summed E-state index contributed by atoms with van der Waals surface area (Å²) in [5.41, 5.74) is 0.725. The number of hydrogen-bond donors (Lipinski definition) is 3. The zero-order valence-electron chi connectivity index (χ0n) is 19.3. The van der Waals surface area contributed by atoms with Crippen molar-refractivity contribution in [3.63, 3.8) is 0 Å². The predicted octanol–water partition coefficient (Wildman–Crippen LogP) is 3.40. The van der Waals surface area contributed by atoms with E-state index >= 15 is 0 Å². The van der Waals surface area contributed by atoms with Crippen LogP contribution in [-0.2, 0) is 6.54 Å². The molecule has 0 bridgehead atoms. The fourth-order valence-corrected chi connectivity index (χ4v) is 4.41. The van der Waals surface area contributed by atoms with Gasteiger partial charge < -0.3 is 25.8 Å². The number of benzene rings is 1. The minimum atomic E-state index is -0.400. The van der Waals surface area contributed by atoms with Gasteiger partial charge in [0.15, 0.2) is 5.13 Å². The molecule has 1 aliphatic heterocycles. The molecule has 4 rings (SSSR count). The highest BCUT2D eigenvalue weighted by Crippen LogP contribution is 2.23. The van der Waals surface area contributed by atoms with Gasteiger partial charge in [0.2, 0.25) is 0 Å². The number of anilines is 3. The number of nitrogens with zero attached hydrogens (tertiary/aromatic N) is 4. The number of likely N-dealkylation sites (N-methyl/N-ethyl adjacent to an activating group) is 1. The smallest absolute Gasteiger partial charge is 0.251 e. The van der Waals surface area contributed by atoms with Gasteiger partial charge in [0.05, 0.1) is 12.2 Å². The molecule has 1 amide bonds. The maximum absolute atomic E-state index is 14.3. The first-order valence-corrected chi connectivity index (χ1v) is 12.2. The quantitative estimate of drug-likeness (QED) is 0.381. The molecule has 0 radical (unpaired) electrons. The number of hydrogen-bond acceptors (Lipinski definition) is 8. The Morgan fingerprint density at radius 1 is 1.15 bits per heavy atom. The first-order chi connectivity index (χ1) is 16.6. The zero-order chi connectivity index (χ0) is 23.8. The van der Waals surface area contributed by atoms with E-state index in [2.05, 4.69) is 42.8 Å². The third kappa shape index (κ3) is 6.96. The molecular weight excluding hydrogens is 453 g/mol. The average molecular weight is 484 g/mol.